The fourth-order valence-corrected chi connectivity index (χ4v) is 2.15. The lowest BCUT2D eigenvalue weighted by Gasteiger charge is -2.35. The number of carbonyl (C=O) groups is 1. The second-order valence-electron chi connectivity index (χ2n) is 4.38. The molecule has 1 rings (SSSR count). The standard InChI is InChI=1S/C12H24N2O4/c1-17-8-9-18-10-13-12(16)14-6-3-2-4-11(14)5-7-15/h11,15H,2-10H2,1H3,(H,13,16). The van der Waals surface area contributed by atoms with Crippen LogP contribution in [0.3, 0.4) is 0 Å². The SMILES string of the molecule is COCCOCNC(=O)N1CCCCC1CCO. The molecule has 1 atom stereocenters. The number of aliphatic hydroxyl groups excluding tert-OH is 1. The van der Waals surface area contributed by atoms with Gasteiger partial charge >= 0.3 is 6.03 Å². The Morgan fingerprint density at radius 1 is 1.44 bits per heavy atom. The van der Waals surface area contributed by atoms with Crippen molar-refractivity contribution in [2.24, 2.45) is 0 Å². The number of hydrogen-bond acceptors (Lipinski definition) is 4. The van der Waals surface area contributed by atoms with Gasteiger partial charge in [-0.3, -0.25) is 0 Å². The Bertz CT molecular complexity index is 236. The third kappa shape index (κ3) is 5.20. The Balaban J connectivity index is 2.25. The Morgan fingerprint density at radius 3 is 3.00 bits per heavy atom. The van der Waals surface area contributed by atoms with E-state index in [9.17, 15) is 4.79 Å². The van der Waals surface area contributed by atoms with Crippen molar-refractivity contribution in [2.75, 3.05) is 40.2 Å². The van der Waals surface area contributed by atoms with E-state index in [-0.39, 0.29) is 25.4 Å². The number of ether oxygens (including phenoxy) is 2. The van der Waals surface area contributed by atoms with Crippen LogP contribution in [0.2, 0.25) is 0 Å². The van der Waals surface area contributed by atoms with Crippen LogP contribution in [0.4, 0.5) is 4.79 Å². The van der Waals surface area contributed by atoms with Crippen molar-refractivity contribution >= 4 is 6.03 Å². The number of rotatable bonds is 7. The normalized spacial score (nSPS) is 19.9. The van der Waals surface area contributed by atoms with Crippen molar-refractivity contribution < 1.29 is 19.4 Å². The summed E-state index contributed by atoms with van der Waals surface area (Å²) in [6, 6.07) is 0.0493. The second kappa shape index (κ2) is 9.13. The predicted octanol–water partition coefficient (Wildman–Crippen LogP) is 0.553. The zero-order chi connectivity index (χ0) is 13.2. The van der Waals surface area contributed by atoms with E-state index in [4.69, 9.17) is 14.6 Å². The summed E-state index contributed by atoms with van der Waals surface area (Å²) in [5, 5.41) is 11.7. The average molecular weight is 260 g/mol. The highest BCUT2D eigenvalue weighted by atomic mass is 16.5. The zero-order valence-electron chi connectivity index (χ0n) is 11.1. The number of nitrogens with zero attached hydrogens (tertiary/aromatic N) is 1. The van der Waals surface area contributed by atoms with Crippen LogP contribution in [0.5, 0.6) is 0 Å². The molecule has 1 aliphatic rings. The molecule has 1 unspecified atom stereocenters. The zero-order valence-corrected chi connectivity index (χ0v) is 11.1. The summed E-state index contributed by atoms with van der Waals surface area (Å²) >= 11 is 0. The van der Waals surface area contributed by atoms with Crippen LogP contribution in [0.15, 0.2) is 0 Å². The average Bonchev–Trinajstić information content (AvgIpc) is 2.39. The van der Waals surface area contributed by atoms with Gasteiger partial charge in [0, 0.05) is 26.3 Å². The number of likely N-dealkylation sites (tertiary alicyclic amines) is 1. The van der Waals surface area contributed by atoms with E-state index in [0.717, 1.165) is 25.8 Å². The maximum absolute atomic E-state index is 11.9. The summed E-state index contributed by atoms with van der Waals surface area (Å²) in [5.41, 5.74) is 0. The summed E-state index contributed by atoms with van der Waals surface area (Å²) in [4.78, 5) is 13.7. The lowest BCUT2D eigenvalue weighted by atomic mass is 10.0. The molecule has 1 heterocycles. The Labute approximate surface area is 108 Å². The molecule has 6 nitrogen and oxygen atoms in total. The van der Waals surface area contributed by atoms with E-state index in [1.807, 2.05) is 0 Å². The van der Waals surface area contributed by atoms with Gasteiger partial charge in [-0.2, -0.15) is 0 Å². The number of methoxy groups -OCH3 is 1. The smallest absolute Gasteiger partial charge is 0.319 e. The molecular formula is C12H24N2O4. The van der Waals surface area contributed by atoms with Gasteiger partial charge in [-0.05, 0) is 25.7 Å². The number of carbonyl (C=O) groups excluding carboxylic acids is 1. The first kappa shape index (κ1) is 15.2. The molecule has 0 aliphatic carbocycles. The van der Waals surface area contributed by atoms with Gasteiger partial charge in [-0.1, -0.05) is 0 Å². The van der Waals surface area contributed by atoms with Gasteiger partial charge in [0.25, 0.3) is 0 Å². The van der Waals surface area contributed by atoms with Crippen LogP contribution < -0.4 is 5.32 Å². The fourth-order valence-electron chi connectivity index (χ4n) is 2.15. The lowest BCUT2D eigenvalue weighted by molar-refractivity contribution is 0.0581. The summed E-state index contributed by atoms with van der Waals surface area (Å²) in [5.74, 6) is 0. The van der Waals surface area contributed by atoms with Crippen molar-refractivity contribution in [3.8, 4) is 0 Å². The highest BCUT2D eigenvalue weighted by molar-refractivity contribution is 5.74. The molecule has 0 spiro atoms. The summed E-state index contributed by atoms with van der Waals surface area (Å²) in [6.45, 7) is 2.07. The number of urea groups is 1. The van der Waals surface area contributed by atoms with E-state index < -0.39 is 0 Å². The van der Waals surface area contributed by atoms with Crippen molar-refractivity contribution in [1.29, 1.82) is 0 Å². The molecule has 1 fully saturated rings. The van der Waals surface area contributed by atoms with Crippen molar-refractivity contribution in [3.05, 3.63) is 0 Å². The van der Waals surface area contributed by atoms with Crippen molar-refractivity contribution in [3.63, 3.8) is 0 Å². The topological polar surface area (TPSA) is 71.0 Å². The lowest BCUT2D eigenvalue weighted by Crippen LogP contribution is -2.49. The maximum Gasteiger partial charge on any atom is 0.319 e. The van der Waals surface area contributed by atoms with Gasteiger partial charge in [-0.15, -0.1) is 0 Å². The first-order chi connectivity index (χ1) is 8.79. The number of nitrogens with one attached hydrogen (secondary N) is 1. The number of amides is 2. The molecule has 1 saturated heterocycles. The highest BCUT2D eigenvalue weighted by Gasteiger charge is 2.25. The molecule has 106 valence electrons. The van der Waals surface area contributed by atoms with E-state index in [1.165, 1.54) is 0 Å². The highest BCUT2D eigenvalue weighted by Crippen LogP contribution is 2.19. The molecule has 18 heavy (non-hydrogen) atoms. The molecule has 0 aromatic rings. The molecule has 0 bridgehead atoms. The van der Waals surface area contributed by atoms with Crippen LogP contribution in [0.1, 0.15) is 25.7 Å². The maximum atomic E-state index is 11.9. The van der Waals surface area contributed by atoms with Gasteiger partial charge in [0.2, 0.25) is 0 Å². The predicted molar refractivity (Wildman–Crippen MR) is 67.3 cm³/mol. The first-order valence-electron chi connectivity index (χ1n) is 6.51. The molecule has 2 N–H and O–H groups in total. The van der Waals surface area contributed by atoms with E-state index in [1.54, 1.807) is 12.0 Å². The van der Waals surface area contributed by atoms with E-state index >= 15 is 0 Å². The van der Waals surface area contributed by atoms with Crippen molar-refractivity contribution in [1.82, 2.24) is 10.2 Å². The molecule has 1 aliphatic heterocycles. The first-order valence-corrected chi connectivity index (χ1v) is 6.51. The van der Waals surface area contributed by atoms with Gasteiger partial charge in [0.1, 0.15) is 6.73 Å². The Hall–Kier alpha value is -0.850. The largest absolute Gasteiger partial charge is 0.396 e. The fraction of sp³-hybridized carbons (Fsp3) is 0.917. The van der Waals surface area contributed by atoms with E-state index in [0.29, 0.717) is 19.6 Å². The quantitative estimate of drug-likeness (QED) is 0.518. The minimum absolute atomic E-state index is 0.106. The third-order valence-electron chi connectivity index (χ3n) is 3.11. The van der Waals surface area contributed by atoms with E-state index in [2.05, 4.69) is 5.32 Å². The van der Waals surface area contributed by atoms with Crippen LogP contribution in [0, 0.1) is 0 Å². The van der Waals surface area contributed by atoms with Crippen LogP contribution in [0.25, 0.3) is 0 Å². The van der Waals surface area contributed by atoms with Gasteiger partial charge in [0.15, 0.2) is 0 Å². The molecule has 0 saturated carbocycles. The van der Waals surface area contributed by atoms with Crippen LogP contribution in [-0.2, 0) is 9.47 Å². The van der Waals surface area contributed by atoms with Crippen molar-refractivity contribution in [2.45, 2.75) is 31.7 Å². The van der Waals surface area contributed by atoms with Gasteiger partial charge in [0.05, 0.1) is 13.2 Å². The number of piperidine rings is 1. The summed E-state index contributed by atoms with van der Waals surface area (Å²) in [7, 11) is 1.61. The number of aliphatic hydroxyl groups is 1. The Morgan fingerprint density at radius 2 is 2.28 bits per heavy atom. The van der Waals surface area contributed by atoms with Crippen LogP contribution >= 0.6 is 0 Å². The van der Waals surface area contributed by atoms with Crippen LogP contribution in [-0.4, -0.2) is 62.3 Å². The summed E-state index contributed by atoms with van der Waals surface area (Å²) in [6.07, 6.45) is 3.77. The third-order valence-corrected chi connectivity index (χ3v) is 3.11. The molecule has 0 aromatic carbocycles. The Kier molecular flexibility index (Phi) is 7.71. The molecule has 0 aromatic heterocycles. The monoisotopic (exact) mass is 260 g/mol. The van der Waals surface area contributed by atoms with Gasteiger partial charge < -0.3 is 24.8 Å². The molecular weight excluding hydrogens is 236 g/mol. The summed E-state index contributed by atoms with van der Waals surface area (Å²) < 4.78 is 10.0. The van der Waals surface area contributed by atoms with Gasteiger partial charge in [-0.25, -0.2) is 4.79 Å². The molecule has 2 amide bonds. The molecule has 6 heteroatoms. The minimum atomic E-state index is -0.106. The number of hydrogen-bond donors (Lipinski definition) is 2. The minimum Gasteiger partial charge on any atom is -0.396 e. The molecule has 0 radical (unpaired) electrons. The second-order valence-corrected chi connectivity index (χ2v) is 4.38.